The summed E-state index contributed by atoms with van der Waals surface area (Å²) in [6.45, 7) is 4.53. The van der Waals surface area contributed by atoms with Crippen molar-refractivity contribution in [2.45, 2.75) is 38.8 Å². The van der Waals surface area contributed by atoms with Crippen molar-refractivity contribution < 1.29 is 19.4 Å². The topological polar surface area (TPSA) is 73.6 Å². The Labute approximate surface area is 146 Å². The lowest BCUT2D eigenvalue weighted by Crippen LogP contribution is -2.32. The van der Waals surface area contributed by atoms with Gasteiger partial charge in [0.1, 0.15) is 6.10 Å². The number of carbonyl (C=O) groups is 1. The summed E-state index contributed by atoms with van der Waals surface area (Å²) in [6, 6.07) is 3.55. The summed E-state index contributed by atoms with van der Waals surface area (Å²) in [4.78, 5) is 11.4. The maximum Gasteiger partial charge on any atom is 0.335 e. The highest BCUT2D eigenvalue weighted by Gasteiger charge is 2.23. The van der Waals surface area contributed by atoms with Crippen LogP contribution in [0.25, 0.3) is 11.3 Å². The minimum Gasteiger partial charge on any atom is -0.478 e. The van der Waals surface area contributed by atoms with E-state index in [4.69, 9.17) is 14.6 Å². The second-order valence-corrected chi connectivity index (χ2v) is 6.78. The van der Waals surface area contributed by atoms with Crippen LogP contribution in [0.2, 0.25) is 0 Å². The standard InChI is InChI=1S/C19H22N2O4/c1-12-7-15(19(22)23)8-13-3-2-4-14-9-21(20-18(14)17(12)13)10-16-11-24-5-6-25-16/h7-9,16H,2-6,10-11H2,1H3,(H,22,23)/t16-/m0/s1. The van der Waals surface area contributed by atoms with Crippen LogP contribution in [0.1, 0.15) is 33.5 Å². The van der Waals surface area contributed by atoms with Gasteiger partial charge in [0.25, 0.3) is 0 Å². The van der Waals surface area contributed by atoms with Gasteiger partial charge in [0.15, 0.2) is 0 Å². The number of aryl methyl sites for hydroxylation is 3. The minimum absolute atomic E-state index is 0.0345. The molecule has 0 spiro atoms. The Hall–Kier alpha value is -2.18. The van der Waals surface area contributed by atoms with E-state index in [1.165, 1.54) is 5.56 Å². The van der Waals surface area contributed by atoms with Crippen LogP contribution in [0.5, 0.6) is 0 Å². The number of hydrogen-bond acceptors (Lipinski definition) is 4. The van der Waals surface area contributed by atoms with Crippen molar-refractivity contribution in [3.63, 3.8) is 0 Å². The van der Waals surface area contributed by atoms with Crippen LogP contribution in [-0.4, -0.2) is 46.8 Å². The lowest BCUT2D eigenvalue weighted by molar-refractivity contribution is -0.0946. The van der Waals surface area contributed by atoms with Gasteiger partial charge in [0.2, 0.25) is 0 Å². The molecule has 4 rings (SSSR count). The van der Waals surface area contributed by atoms with Crippen LogP contribution in [0.4, 0.5) is 0 Å². The zero-order valence-electron chi connectivity index (χ0n) is 14.3. The van der Waals surface area contributed by atoms with Gasteiger partial charge in [-0.2, -0.15) is 5.10 Å². The van der Waals surface area contributed by atoms with Gasteiger partial charge < -0.3 is 14.6 Å². The molecule has 0 bridgehead atoms. The molecule has 1 fully saturated rings. The number of carboxylic acids is 1. The Kier molecular flexibility index (Phi) is 4.31. The lowest BCUT2D eigenvalue weighted by atomic mass is 9.94. The molecule has 1 aromatic carbocycles. The minimum atomic E-state index is -0.879. The summed E-state index contributed by atoms with van der Waals surface area (Å²) < 4.78 is 13.1. The summed E-state index contributed by atoms with van der Waals surface area (Å²) >= 11 is 0. The van der Waals surface area contributed by atoms with E-state index in [1.807, 2.05) is 11.6 Å². The highest BCUT2D eigenvalue weighted by atomic mass is 16.6. The maximum absolute atomic E-state index is 11.4. The second-order valence-electron chi connectivity index (χ2n) is 6.78. The van der Waals surface area contributed by atoms with Crippen molar-refractivity contribution in [1.82, 2.24) is 9.78 Å². The van der Waals surface area contributed by atoms with Gasteiger partial charge in [-0.3, -0.25) is 4.68 Å². The number of carboxylic acid groups (broad SMARTS) is 1. The Bertz CT molecular complexity index is 806. The molecule has 6 nitrogen and oxygen atoms in total. The molecule has 0 unspecified atom stereocenters. The van der Waals surface area contributed by atoms with Crippen molar-refractivity contribution in [2.75, 3.05) is 19.8 Å². The van der Waals surface area contributed by atoms with E-state index in [0.717, 1.165) is 41.6 Å². The normalized spacial score (nSPS) is 19.8. The SMILES string of the molecule is Cc1cc(C(=O)O)cc2c1-c1nn(C[C@H]3COCCO3)cc1CCC2. The number of ether oxygens (including phenoxy) is 2. The zero-order valence-corrected chi connectivity index (χ0v) is 14.3. The molecule has 1 saturated heterocycles. The maximum atomic E-state index is 11.4. The molecule has 1 atom stereocenters. The van der Waals surface area contributed by atoms with Gasteiger partial charge in [-0.15, -0.1) is 0 Å². The molecule has 1 aliphatic heterocycles. The van der Waals surface area contributed by atoms with E-state index in [2.05, 4.69) is 6.20 Å². The van der Waals surface area contributed by atoms with Gasteiger partial charge in [0, 0.05) is 11.8 Å². The summed E-state index contributed by atoms with van der Waals surface area (Å²) in [5.74, 6) is -0.879. The zero-order chi connectivity index (χ0) is 17.4. The number of fused-ring (bicyclic) bond motifs is 3. The van der Waals surface area contributed by atoms with Crippen molar-refractivity contribution >= 4 is 5.97 Å². The average Bonchev–Trinajstić information content (AvgIpc) is 2.89. The molecule has 25 heavy (non-hydrogen) atoms. The van der Waals surface area contributed by atoms with Crippen LogP contribution in [0.15, 0.2) is 18.3 Å². The Morgan fingerprint density at radius 2 is 2.16 bits per heavy atom. The summed E-state index contributed by atoms with van der Waals surface area (Å²) in [5, 5.41) is 14.1. The molecule has 132 valence electrons. The third-order valence-electron chi connectivity index (χ3n) is 4.91. The number of rotatable bonds is 3. The fourth-order valence-electron chi connectivity index (χ4n) is 3.79. The fraction of sp³-hybridized carbons (Fsp3) is 0.474. The predicted molar refractivity (Wildman–Crippen MR) is 91.9 cm³/mol. The van der Waals surface area contributed by atoms with Crippen LogP contribution in [-0.2, 0) is 28.9 Å². The molecule has 0 amide bonds. The molecule has 2 heterocycles. The first-order chi connectivity index (χ1) is 12.1. The van der Waals surface area contributed by atoms with Crippen molar-refractivity contribution in [2.24, 2.45) is 0 Å². The molecular weight excluding hydrogens is 320 g/mol. The first-order valence-electron chi connectivity index (χ1n) is 8.74. The first-order valence-corrected chi connectivity index (χ1v) is 8.74. The number of aromatic carboxylic acids is 1. The summed E-state index contributed by atoms with van der Waals surface area (Å²) in [6.07, 6.45) is 4.97. The average molecular weight is 342 g/mol. The molecule has 2 aromatic rings. The Morgan fingerprint density at radius 1 is 1.32 bits per heavy atom. The molecule has 0 saturated carbocycles. The molecule has 1 aliphatic carbocycles. The van der Waals surface area contributed by atoms with E-state index in [-0.39, 0.29) is 6.10 Å². The largest absolute Gasteiger partial charge is 0.478 e. The fourth-order valence-corrected chi connectivity index (χ4v) is 3.79. The molecule has 1 N–H and O–H groups in total. The molecule has 1 aromatic heterocycles. The van der Waals surface area contributed by atoms with Crippen molar-refractivity contribution in [1.29, 1.82) is 0 Å². The van der Waals surface area contributed by atoms with Crippen molar-refractivity contribution in [3.05, 3.63) is 40.6 Å². The molecule has 2 aliphatic rings. The smallest absolute Gasteiger partial charge is 0.335 e. The van der Waals surface area contributed by atoms with E-state index < -0.39 is 5.97 Å². The van der Waals surface area contributed by atoms with Gasteiger partial charge in [-0.05, 0) is 55.0 Å². The van der Waals surface area contributed by atoms with E-state index in [0.29, 0.717) is 31.9 Å². The molecule has 6 heteroatoms. The van der Waals surface area contributed by atoms with Gasteiger partial charge >= 0.3 is 5.97 Å². The van der Waals surface area contributed by atoms with Gasteiger partial charge in [-0.25, -0.2) is 4.79 Å². The highest BCUT2D eigenvalue weighted by molar-refractivity contribution is 5.90. The van der Waals surface area contributed by atoms with E-state index in [1.54, 1.807) is 12.1 Å². The van der Waals surface area contributed by atoms with Gasteiger partial charge in [-0.1, -0.05) is 0 Å². The van der Waals surface area contributed by atoms with Crippen LogP contribution >= 0.6 is 0 Å². The van der Waals surface area contributed by atoms with E-state index in [9.17, 15) is 9.90 Å². The third kappa shape index (κ3) is 3.19. The number of aromatic nitrogens is 2. The number of nitrogens with zero attached hydrogens (tertiary/aromatic N) is 2. The quantitative estimate of drug-likeness (QED) is 0.927. The number of hydrogen-bond donors (Lipinski definition) is 1. The highest BCUT2D eigenvalue weighted by Crippen LogP contribution is 2.35. The second kappa shape index (κ2) is 6.61. The molecule has 0 radical (unpaired) electrons. The van der Waals surface area contributed by atoms with E-state index >= 15 is 0 Å². The summed E-state index contributed by atoms with van der Waals surface area (Å²) in [5.41, 5.74) is 5.71. The first kappa shape index (κ1) is 16.3. The van der Waals surface area contributed by atoms with Crippen LogP contribution < -0.4 is 0 Å². The van der Waals surface area contributed by atoms with Crippen LogP contribution in [0, 0.1) is 6.92 Å². The van der Waals surface area contributed by atoms with Gasteiger partial charge in [0.05, 0.1) is 37.6 Å². The predicted octanol–water partition coefficient (Wildman–Crippen LogP) is 2.46. The van der Waals surface area contributed by atoms with Crippen LogP contribution in [0.3, 0.4) is 0 Å². The number of benzene rings is 1. The monoisotopic (exact) mass is 342 g/mol. The Balaban J connectivity index is 1.70. The summed E-state index contributed by atoms with van der Waals surface area (Å²) in [7, 11) is 0. The van der Waals surface area contributed by atoms with Crippen molar-refractivity contribution in [3.8, 4) is 11.3 Å². The third-order valence-corrected chi connectivity index (χ3v) is 4.91. The lowest BCUT2D eigenvalue weighted by Gasteiger charge is -2.22. The Morgan fingerprint density at radius 3 is 2.92 bits per heavy atom. The molecular formula is C19H22N2O4.